The van der Waals surface area contributed by atoms with Gasteiger partial charge in [0.1, 0.15) is 0 Å². The Morgan fingerprint density at radius 1 is 1.07 bits per heavy atom. The molecular weight excluding hydrogens is 170 g/mol. The zero-order chi connectivity index (χ0) is 9.34. The van der Waals surface area contributed by atoms with Gasteiger partial charge in [0, 0.05) is 5.92 Å². The third-order valence-electron chi connectivity index (χ3n) is 5.92. The van der Waals surface area contributed by atoms with E-state index in [1.54, 1.807) is 0 Å². The molecule has 4 saturated carbocycles. The van der Waals surface area contributed by atoms with Gasteiger partial charge in [-0.05, 0) is 67.6 Å². The van der Waals surface area contributed by atoms with Gasteiger partial charge in [-0.25, -0.2) is 0 Å². The van der Waals surface area contributed by atoms with Crippen molar-refractivity contribution in [2.24, 2.45) is 35.0 Å². The number of hydrogen-bond donors (Lipinski definition) is 0. The summed E-state index contributed by atoms with van der Waals surface area (Å²) in [5, 5.41) is 9.16. The number of rotatable bonds is 0. The summed E-state index contributed by atoms with van der Waals surface area (Å²) in [7, 11) is 0. The maximum Gasteiger partial charge on any atom is 0.0659 e. The summed E-state index contributed by atoms with van der Waals surface area (Å²) in [6.45, 7) is 0. The molecule has 5 atom stereocenters. The van der Waals surface area contributed by atoms with E-state index in [0.29, 0.717) is 11.3 Å². The molecule has 0 heterocycles. The lowest BCUT2D eigenvalue weighted by Gasteiger charge is -2.31. The normalized spacial score (nSPS) is 62.9. The summed E-state index contributed by atoms with van der Waals surface area (Å²) in [5.41, 5.74) is 0.688. The van der Waals surface area contributed by atoms with Crippen molar-refractivity contribution in [3.8, 4) is 6.07 Å². The minimum Gasteiger partial charge on any atom is -0.198 e. The molecule has 4 aliphatic carbocycles. The van der Waals surface area contributed by atoms with Crippen molar-refractivity contribution in [2.45, 2.75) is 38.5 Å². The van der Waals surface area contributed by atoms with Crippen LogP contribution in [0.25, 0.3) is 0 Å². The van der Waals surface area contributed by atoms with E-state index in [9.17, 15) is 0 Å². The second-order valence-corrected chi connectivity index (χ2v) is 6.25. The highest BCUT2D eigenvalue weighted by molar-refractivity contribution is 5.18. The molecule has 74 valence electrons. The Bertz CT molecular complexity index is 317. The lowest BCUT2D eigenvalue weighted by molar-refractivity contribution is 0.171. The van der Waals surface area contributed by atoms with Gasteiger partial charge in [0.2, 0.25) is 0 Å². The molecule has 0 saturated heterocycles. The molecule has 0 N–H and O–H groups in total. The van der Waals surface area contributed by atoms with E-state index >= 15 is 0 Å². The molecule has 2 bridgehead atoms. The summed E-state index contributed by atoms with van der Waals surface area (Å²) in [5.74, 6) is 4.38. The number of fused-ring (bicyclic) bond motifs is 1. The lowest BCUT2D eigenvalue weighted by Crippen LogP contribution is -2.25. The predicted molar refractivity (Wildman–Crippen MR) is 53.2 cm³/mol. The maximum absolute atomic E-state index is 9.16. The molecule has 4 fully saturated rings. The average molecular weight is 187 g/mol. The first-order valence-corrected chi connectivity index (χ1v) is 6.23. The Morgan fingerprint density at radius 3 is 2.50 bits per heavy atom. The van der Waals surface area contributed by atoms with Gasteiger partial charge in [0.15, 0.2) is 0 Å². The third-order valence-corrected chi connectivity index (χ3v) is 5.92. The van der Waals surface area contributed by atoms with Crippen LogP contribution in [0.3, 0.4) is 0 Å². The largest absolute Gasteiger partial charge is 0.198 e. The van der Waals surface area contributed by atoms with Gasteiger partial charge in [0.05, 0.1) is 6.07 Å². The van der Waals surface area contributed by atoms with Crippen LogP contribution in [0.15, 0.2) is 0 Å². The number of nitriles is 1. The number of nitrogens with zero attached hydrogens (tertiary/aromatic N) is 1. The Labute approximate surface area is 85.5 Å². The summed E-state index contributed by atoms with van der Waals surface area (Å²) in [6.07, 6.45) is 8.61. The highest BCUT2D eigenvalue weighted by Crippen LogP contribution is 2.73. The average Bonchev–Trinajstić information content (AvgIpc) is 2.60. The van der Waals surface area contributed by atoms with Crippen molar-refractivity contribution in [3.63, 3.8) is 0 Å². The van der Waals surface area contributed by atoms with Crippen molar-refractivity contribution in [3.05, 3.63) is 0 Å². The predicted octanol–water partition coefficient (Wildman–Crippen LogP) is 2.97. The van der Waals surface area contributed by atoms with Crippen LogP contribution in [-0.4, -0.2) is 0 Å². The molecule has 4 rings (SSSR count). The first kappa shape index (κ1) is 7.74. The fourth-order valence-electron chi connectivity index (χ4n) is 5.33. The van der Waals surface area contributed by atoms with Crippen LogP contribution in [0.2, 0.25) is 0 Å². The van der Waals surface area contributed by atoms with Crippen LogP contribution in [0.4, 0.5) is 0 Å². The zero-order valence-corrected chi connectivity index (χ0v) is 8.58. The first-order chi connectivity index (χ1) is 6.83. The van der Waals surface area contributed by atoms with E-state index in [-0.39, 0.29) is 0 Å². The van der Waals surface area contributed by atoms with Crippen molar-refractivity contribution in [1.82, 2.24) is 0 Å². The smallest absolute Gasteiger partial charge is 0.0659 e. The van der Waals surface area contributed by atoms with Crippen LogP contribution < -0.4 is 0 Å². The Kier molecular flexibility index (Phi) is 1.21. The van der Waals surface area contributed by atoms with Gasteiger partial charge in [-0.15, -0.1) is 0 Å². The summed E-state index contributed by atoms with van der Waals surface area (Å²) < 4.78 is 0. The molecule has 0 aliphatic heterocycles. The second-order valence-electron chi connectivity index (χ2n) is 6.25. The molecule has 0 aromatic carbocycles. The molecule has 1 nitrogen and oxygen atoms in total. The molecule has 4 aliphatic rings. The van der Waals surface area contributed by atoms with E-state index in [1.165, 1.54) is 38.5 Å². The van der Waals surface area contributed by atoms with Gasteiger partial charge in [0.25, 0.3) is 0 Å². The molecule has 0 amide bonds. The monoisotopic (exact) mass is 187 g/mol. The summed E-state index contributed by atoms with van der Waals surface area (Å²) >= 11 is 0. The molecule has 5 unspecified atom stereocenters. The Hall–Kier alpha value is -0.510. The third kappa shape index (κ3) is 0.700. The van der Waals surface area contributed by atoms with Gasteiger partial charge in [-0.2, -0.15) is 5.26 Å². The van der Waals surface area contributed by atoms with Gasteiger partial charge < -0.3 is 0 Å². The zero-order valence-electron chi connectivity index (χ0n) is 8.58. The highest BCUT2D eigenvalue weighted by Gasteiger charge is 2.66. The minimum atomic E-state index is 0.436. The lowest BCUT2D eigenvalue weighted by atomic mass is 9.73. The minimum absolute atomic E-state index is 0.436. The first-order valence-electron chi connectivity index (χ1n) is 6.23. The summed E-state index contributed by atoms with van der Waals surface area (Å²) in [6, 6.07) is 2.58. The topological polar surface area (TPSA) is 23.8 Å². The molecule has 0 aromatic rings. The van der Waals surface area contributed by atoms with E-state index in [1.807, 2.05) is 0 Å². The van der Waals surface area contributed by atoms with Crippen LogP contribution >= 0.6 is 0 Å². The van der Waals surface area contributed by atoms with E-state index in [4.69, 9.17) is 5.26 Å². The fraction of sp³-hybridized carbons (Fsp3) is 0.923. The molecule has 0 aromatic heterocycles. The maximum atomic E-state index is 9.16. The van der Waals surface area contributed by atoms with Crippen LogP contribution in [0.5, 0.6) is 0 Å². The summed E-state index contributed by atoms with van der Waals surface area (Å²) in [4.78, 5) is 0. The second kappa shape index (κ2) is 2.18. The van der Waals surface area contributed by atoms with E-state index < -0.39 is 0 Å². The quantitative estimate of drug-likeness (QED) is 0.572. The molecule has 14 heavy (non-hydrogen) atoms. The van der Waals surface area contributed by atoms with Crippen molar-refractivity contribution >= 4 is 0 Å². The molecule has 1 heteroatoms. The van der Waals surface area contributed by atoms with Crippen molar-refractivity contribution in [2.75, 3.05) is 0 Å². The molecular formula is C13H17N. The van der Waals surface area contributed by atoms with Gasteiger partial charge in [-0.1, -0.05) is 0 Å². The highest BCUT2D eigenvalue weighted by atomic mass is 14.7. The van der Waals surface area contributed by atoms with E-state index in [2.05, 4.69) is 6.07 Å². The Morgan fingerprint density at radius 2 is 1.86 bits per heavy atom. The van der Waals surface area contributed by atoms with Crippen LogP contribution in [0.1, 0.15) is 38.5 Å². The van der Waals surface area contributed by atoms with Crippen molar-refractivity contribution in [1.29, 1.82) is 5.26 Å². The fourth-order valence-corrected chi connectivity index (χ4v) is 5.33. The SMILES string of the molecule is N#CC1CC2CCC1C21CC2CC2C1. The number of hydrogen-bond acceptors (Lipinski definition) is 1. The van der Waals surface area contributed by atoms with Gasteiger partial charge in [-0.3, -0.25) is 0 Å². The molecule has 1 spiro atoms. The van der Waals surface area contributed by atoms with Crippen LogP contribution in [-0.2, 0) is 0 Å². The van der Waals surface area contributed by atoms with E-state index in [0.717, 1.165) is 23.7 Å². The van der Waals surface area contributed by atoms with Crippen molar-refractivity contribution < 1.29 is 0 Å². The van der Waals surface area contributed by atoms with Gasteiger partial charge >= 0.3 is 0 Å². The standard InChI is InChI=1S/C13H17N/c14-7-10-4-11-1-2-12(10)13(11)5-8-3-9(8)6-13/h8-12H,1-6H2. The Balaban J connectivity index is 1.72. The molecule has 0 radical (unpaired) electrons. The van der Waals surface area contributed by atoms with Crippen LogP contribution in [0, 0.1) is 46.3 Å².